The molecule has 5 nitrogen and oxygen atoms in total. The molecular formula is C10H12N4OS. The zero-order valence-electron chi connectivity index (χ0n) is 8.93. The highest BCUT2D eigenvalue weighted by Crippen LogP contribution is 2.25. The third-order valence-corrected chi connectivity index (χ3v) is 3.34. The van der Waals surface area contributed by atoms with Crippen LogP contribution < -0.4 is 5.73 Å². The van der Waals surface area contributed by atoms with Gasteiger partial charge in [-0.2, -0.15) is 17.0 Å². The molecule has 1 aromatic rings. The standard InChI is InChI=1S/C10H12N4OS/c1-6-7(4-11)9(12)14-10(13-6)8-5-16-3-2-15-8/h8H,2-3,5H2,1H3,(H2,12,13,14). The van der Waals surface area contributed by atoms with E-state index in [9.17, 15) is 0 Å². The first kappa shape index (κ1) is 11.2. The van der Waals surface area contributed by atoms with Gasteiger partial charge in [0.15, 0.2) is 5.82 Å². The van der Waals surface area contributed by atoms with Crippen molar-refractivity contribution in [2.45, 2.75) is 13.0 Å². The van der Waals surface area contributed by atoms with Crippen molar-refractivity contribution in [1.82, 2.24) is 9.97 Å². The van der Waals surface area contributed by atoms with E-state index in [0.717, 1.165) is 11.5 Å². The molecule has 1 saturated heterocycles. The number of rotatable bonds is 1. The van der Waals surface area contributed by atoms with Crippen molar-refractivity contribution in [3.63, 3.8) is 0 Å². The van der Waals surface area contributed by atoms with Crippen LogP contribution in [-0.4, -0.2) is 28.1 Å². The van der Waals surface area contributed by atoms with Gasteiger partial charge >= 0.3 is 0 Å². The summed E-state index contributed by atoms with van der Waals surface area (Å²) < 4.78 is 5.56. The number of nitrogens with zero attached hydrogens (tertiary/aromatic N) is 3. The van der Waals surface area contributed by atoms with E-state index in [0.29, 0.717) is 23.7 Å². The van der Waals surface area contributed by atoms with Crippen LogP contribution in [-0.2, 0) is 4.74 Å². The largest absolute Gasteiger partial charge is 0.382 e. The van der Waals surface area contributed by atoms with E-state index >= 15 is 0 Å². The van der Waals surface area contributed by atoms with Crippen LogP contribution in [0.15, 0.2) is 0 Å². The van der Waals surface area contributed by atoms with Crippen molar-refractivity contribution in [3.8, 4) is 6.07 Å². The number of hydrogen-bond donors (Lipinski definition) is 1. The second kappa shape index (κ2) is 4.68. The Morgan fingerprint density at radius 1 is 1.56 bits per heavy atom. The van der Waals surface area contributed by atoms with E-state index in [1.807, 2.05) is 17.8 Å². The van der Waals surface area contributed by atoms with E-state index in [2.05, 4.69) is 9.97 Å². The van der Waals surface area contributed by atoms with Crippen LogP contribution >= 0.6 is 11.8 Å². The topological polar surface area (TPSA) is 84.8 Å². The van der Waals surface area contributed by atoms with Crippen molar-refractivity contribution in [2.75, 3.05) is 23.8 Å². The monoisotopic (exact) mass is 236 g/mol. The minimum absolute atomic E-state index is 0.104. The molecule has 2 N–H and O–H groups in total. The van der Waals surface area contributed by atoms with Crippen molar-refractivity contribution in [3.05, 3.63) is 17.1 Å². The number of anilines is 1. The van der Waals surface area contributed by atoms with Crippen LogP contribution in [0.2, 0.25) is 0 Å². The Bertz CT molecular complexity index is 414. The van der Waals surface area contributed by atoms with Gasteiger partial charge in [0, 0.05) is 11.5 Å². The third kappa shape index (κ3) is 2.10. The molecule has 1 unspecified atom stereocenters. The van der Waals surface area contributed by atoms with E-state index in [4.69, 9.17) is 15.7 Å². The number of nitriles is 1. The predicted octanol–water partition coefficient (Wildman–Crippen LogP) is 1.04. The van der Waals surface area contributed by atoms with Crippen LogP contribution in [0.4, 0.5) is 5.82 Å². The Hall–Kier alpha value is -1.32. The highest BCUT2D eigenvalue weighted by Gasteiger charge is 2.21. The molecule has 2 heterocycles. The molecular weight excluding hydrogens is 224 g/mol. The average Bonchev–Trinajstić information content (AvgIpc) is 2.30. The van der Waals surface area contributed by atoms with Gasteiger partial charge in [-0.3, -0.25) is 0 Å². The second-order valence-electron chi connectivity index (χ2n) is 3.47. The Morgan fingerprint density at radius 3 is 2.94 bits per heavy atom. The molecule has 1 aliphatic heterocycles. The molecule has 2 rings (SSSR count). The molecule has 0 aliphatic carbocycles. The number of hydrogen-bond acceptors (Lipinski definition) is 6. The first-order valence-corrected chi connectivity index (χ1v) is 6.11. The van der Waals surface area contributed by atoms with Gasteiger partial charge in [0.05, 0.1) is 12.3 Å². The highest BCUT2D eigenvalue weighted by molar-refractivity contribution is 7.99. The summed E-state index contributed by atoms with van der Waals surface area (Å²) in [6, 6.07) is 2.00. The summed E-state index contributed by atoms with van der Waals surface area (Å²) in [7, 11) is 0. The SMILES string of the molecule is Cc1nc(C2CSCCO2)nc(N)c1C#N. The van der Waals surface area contributed by atoms with Gasteiger partial charge in [-0.15, -0.1) is 0 Å². The summed E-state index contributed by atoms with van der Waals surface area (Å²) in [5.41, 5.74) is 6.67. The van der Waals surface area contributed by atoms with E-state index in [-0.39, 0.29) is 11.9 Å². The molecule has 1 aliphatic rings. The van der Waals surface area contributed by atoms with Crippen LogP contribution in [0.5, 0.6) is 0 Å². The van der Waals surface area contributed by atoms with E-state index in [1.165, 1.54) is 0 Å². The maximum absolute atomic E-state index is 8.86. The molecule has 1 atom stereocenters. The molecule has 0 aromatic carbocycles. The van der Waals surface area contributed by atoms with Gasteiger partial charge in [0.1, 0.15) is 23.6 Å². The van der Waals surface area contributed by atoms with Crippen molar-refractivity contribution < 1.29 is 4.74 Å². The summed E-state index contributed by atoms with van der Waals surface area (Å²) in [6.45, 7) is 2.47. The summed E-state index contributed by atoms with van der Waals surface area (Å²) in [6.07, 6.45) is -0.104. The van der Waals surface area contributed by atoms with Gasteiger partial charge in [-0.25, -0.2) is 9.97 Å². The summed E-state index contributed by atoms with van der Waals surface area (Å²) >= 11 is 1.81. The number of nitrogens with two attached hydrogens (primary N) is 1. The van der Waals surface area contributed by atoms with Crippen LogP contribution in [0, 0.1) is 18.3 Å². The lowest BCUT2D eigenvalue weighted by atomic mass is 10.2. The van der Waals surface area contributed by atoms with Gasteiger partial charge in [0.25, 0.3) is 0 Å². The Labute approximate surface area is 98.0 Å². The van der Waals surface area contributed by atoms with E-state index < -0.39 is 0 Å². The van der Waals surface area contributed by atoms with Gasteiger partial charge in [-0.05, 0) is 6.92 Å². The number of aromatic nitrogens is 2. The van der Waals surface area contributed by atoms with Crippen molar-refractivity contribution >= 4 is 17.6 Å². The predicted molar refractivity (Wildman–Crippen MR) is 61.9 cm³/mol. The first-order chi connectivity index (χ1) is 7.72. The minimum atomic E-state index is -0.104. The normalized spacial score (nSPS) is 20.4. The lowest BCUT2D eigenvalue weighted by Crippen LogP contribution is -2.19. The van der Waals surface area contributed by atoms with Gasteiger partial charge in [-0.1, -0.05) is 0 Å². The van der Waals surface area contributed by atoms with E-state index in [1.54, 1.807) is 6.92 Å². The Kier molecular flexibility index (Phi) is 3.27. The van der Waals surface area contributed by atoms with Crippen molar-refractivity contribution in [1.29, 1.82) is 5.26 Å². The fourth-order valence-electron chi connectivity index (χ4n) is 1.54. The first-order valence-electron chi connectivity index (χ1n) is 4.96. The molecule has 6 heteroatoms. The van der Waals surface area contributed by atoms with Gasteiger partial charge in [0.2, 0.25) is 0 Å². The molecule has 1 fully saturated rings. The zero-order valence-corrected chi connectivity index (χ0v) is 9.75. The summed E-state index contributed by atoms with van der Waals surface area (Å²) in [5.74, 6) is 2.66. The number of aryl methyl sites for hydroxylation is 1. The number of ether oxygens (including phenoxy) is 1. The molecule has 16 heavy (non-hydrogen) atoms. The Balaban J connectivity index is 2.32. The molecule has 0 amide bonds. The third-order valence-electron chi connectivity index (χ3n) is 2.35. The smallest absolute Gasteiger partial charge is 0.160 e. The van der Waals surface area contributed by atoms with Gasteiger partial charge < -0.3 is 10.5 Å². The van der Waals surface area contributed by atoms with Crippen LogP contribution in [0.3, 0.4) is 0 Å². The summed E-state index contributed by atoms with van der Waals surface area (Å²) in [4.78, 5) is 8.41. The fraction of sp³-hybridized carbons (Fsp3) is 0.500. The average molecular weight is 236 g/mol. The minimum Gasteiger partial charge on any atom is -0.382 e. The van der Waals surface area contributed by atoms with Crippen molar-refractivity contribution in [2.24, 2.45) is 0 Å². The van der Waals surface area contributed by atoms with Crippen LogP contribution in [0.25, 0.3) is 0 Å². The molecule has 0 bridgehead atoms. The van der Waals surface area contributed by atoms with Crippen LogP contribution in [0.1, 0.15) is 23.2 Å². The molecule has 84 valence electrons. The summed E-state index contributed by atoms with van der Waals surface area (Å²) in [5, 5.41) is 8.86. The molecule has 0 spiro atoms. The maximum Gasteiger partial charge on any atom is 0.160 e. The number of nitrogen functional groups attached to an aromatic ring is 1. The second-order valence-corrected chi connectivity index (χ2v) is 4.62. The number of thioether (sulfide) groups is 1. The lowest BCUT2D eigenvalue weighted by Gasteiger charge is -2.21. The lowest BCUT2D eigenvalue weighted by molar-refractivity contribution is 0.0694. The maximum atomic E-state index is 8.86. The quantitative estimate of drug-likeness (QED) is 0.784. The molecule has 0 saturated carbocycles. The zero-order chi connectivity index (χ0) is 11.5. The Morgan fingerprint density at radius 2 is 2.38 bits per heavy atom. The molecule has 1 aromatic heterocycles. The highest BCUT2D eigenvalue weighted by atomic mass is 32.2. The molecule has 0 radical (unpaired) electrons. The fourth-order valence-corrected chi connectivity index (χ4v) is 2.38.